The van der Waals surface area contributed by atoms with E-state index in [-0.39, 0.29) is 6.54 Å². The minimum atomic E-state index is -0.678. The van der Waals surface area contributed by atoms with Crippen molar-refractivity contribution in [3.05, 3.63) is 0 Å². The summed E-state index contributed by atoms with van der Waals surface area (Å²) in [4.78, 5) is 22.2. The normalized spacial score (nSPS) is 10.1. The SMILES string of the molecule is CCCNC(=O)C(=O)NCC(OC)OC. The van der Waals surface area contributed by atoms with E-state index in [2.05, 4.69) is 10.6 Å². The maximum absolute atomic E-state index is 11.2. The monoisotopic (exact) mass is 218 g/mol. The molecule has 88 valence electrons. The molecule has 0 heterocycles. The molecule has 0 saturated carbocycles. The van der Waals surface area contributed by atoms with Crippen LogP contribution in [0, 0.1) is 0 Å². The van der Waals surface area contributed by atoms with E-state index in [0.29, 0.717) is 6.54 Å². The van der Waals surface area contributed by atoms with Crippen LogP contribution in [0.5, 0.6) is 0 Å². The molecule has 2 N–H and O–H groups in total. The van der Waals surface area contributed by atoms with E-state index < -0.39 is 18.1 Å². The predicted molar refractivity (Wildman–Crippen MR) is 54.1 cm³/mol. The summed E-state index contributed by atoms with van der Waals surface area (Å²) < 4.78 is 9.68. The molecule has 6 heteroatoms. The van der Waals surface area contributed by atoms with Gasteiger partial charge in [-0.25, -0.2) is 0 Å². The van der Waals surface area contributed by atoms with Crippen molar-refractivity contribution in [2.24, 2.45) is 0 Å². The first-order valence-corrected chi connectivity index (χ1v) is 4.77. The first-order chi connectivity index (χ1) is 7.15. The number of carbonyl (C=O) groups excluding carboxylic acids is 2. The standard InChI is InChI=1S/C9H18N2O4/c1-4-5-10-8(12)9(13)11-6-7(14-2)15-3/h7H,4-6H2,1-3H3,(H,10,12)(H,11,13). The second-order valence-electron chi connectivity index (χ2n) is 2.87. The fourth-order valence-electron chi connectivity index (χ4n) is 0.838. The van der Waals surface area contributed by atoms with Gasteiger partial charge in [-0.1, -0.05) is 6.92 Å². The molecule has 0 aliphatic carbocycles. The second-order valence-corrected chi connectivity index (χ2v) is 2.87. The molecular weight excluding hydrogens is 200 g/mol. The number of amides is 2. The summed E-state index contributed by atoms with van der Waals surface area (Å²) in [6, 6.07) is 0. The molecule has 0 unspecified atom stereocenters. The second kappa shape index (κ2) is 8.19. The molecule has 0 spiro atoms. The smallest absolute Gasteiger partial charge is 0.309 e. The van der Waals surface area contributed by atoms with Crippen molar-refractivity contribution in [2.75, 3.05) is 27.3 Å². The molecule has 0 aliphatic heterocycles. The number of hydrogen-bond donors (Lipinski definition) is 2. The number of ether oxygens (including phenoxy) is 2. The molecule has 0 fully saturated rings. The molecule has 2 amide bonds. The topological polar surface area (TPSA) is 76.7 Å². The summed E-state index contributed by atoms with van der Waals surface area (Å²) in [5.74, 6) is -1.31. The Labute approximate surface area is 89.3 Å². The van der Waals surface area contributed by atoms with Crippen LogP contribution in [0.25, 0.3) is 0 Å². The fraction of sp³-hybridized carbons (Fsp3) is 0.778. The molecule has 0 bridgehead atoms. The zero-order valence-corrected chi connectivity index (χ0v) is 9.33. The minimum absolute atomic E-state index is 0.144. The van der Waals surface area contributed by atoms with Crippen LogP contribution in [-0.2, 0) is 19.1 Å². The van der Waals surface area contributed by atoms with E-state index in [1.165, 1.54) is 14.2 Å². The van der Waals surface area contributed by atoms with Crippen molar-refractivity contribution < 1.29 is 19.1 Å². The first-order valence-electron chi connectivity index (χ1n) is 4.77. The van der Waals surface area contributed by atoms with Crippen LogP contribution in [0.1, 0.15) is 13.3 Å². The molecule has 0 radical (unpaired) electrons. The average molecular weight is 218 g/mol. The molecule has 0 atom stereocenters. The summed E-state index contributed by atoms with van der Waals surface area (Å²) in [5, 5.41) is 4.85. The van der Waals surface area contributed by atoms with Crippen LogP contribution in [0.4, 0.5) is 0 Å². The Morgan fingerprint density at radius 2 is 1.67 bits per heavy atom. The molecule has 0 aromatic rings. The molecule has 15 heavy (non-hydrogen) atoms. The van der Waals surface area contributed by atoms with Crippen LogP contribution in [0.2, 0.25) is 0 Å². The molecule has 0 saturated heterocycles. The highest BCUT2D eigenvalue weighted by Crippen LogP contribution is 1.87. The van der Waals surface area contributed by atoms with Gasteiger partial charge in [0.2, 0.25) is 0 Å². The lowest BCUT2D eigenvalue weighted by molar-refractivity contribution is -0.141. The average Bonchev–Trinajstić information content (AvgIpc) is 2.26. The highest BCUT2D eigenvalue weighted by molar-refractivity contribution is 6.35. The van der Waals surface area contributed by atoms with Crippen LogP contribution in [0.3, 0.4) is 0 Å². The Hall–Kier alpha value is -1.14. The van der Waals surface area contributed by atoms with E-state index in [9.17, 15) is 9.59 Å². The zero-order valence-electron chi connectivity index (χ0n) is 9.33. The van der Waals surface area contributed by atoms with Crippen LogP contribution in [0.15, 0.2) is 0 Å². The predicted octanol–water partition coefficient (Wildman–Crippen LogP) is -0.752. The maximum atomic E-state index is 11.2. The summed E-state index contributed by atoms with van der Waals surface area (Å²) >= 11 is 0. The van der Waals surface area contributed by atoms with Crippen LogP contribution < -0.4 is 10.6 Å². The van der Waals surface area contributed by atoms with Gasteiger partial charge in [-0.05, 0) is 6.42 Å². The van der Waals surface area contributed by atoms with Gasteiger partial charge in [-0.15, -0.1) is 0 Å². The largest absolute Gasteiger partial charge is 0.354 e. The van der Waals surface area contributed by atoms with E-state index >= 15 is 0 Å². The lowest BCUT2D eigenvalue weighted by Crippen LogP contribution is -2.43. The van der Waals surface area contributed by atoms with Gasteiger partial charge < -0.3 is 20.1 Å². The molecule has 0 aromatic carbocycles. The van der Waals surface area contributed by atoms with Crippen molar-refractivity contribution in [1.29, 1.82) is 0 Å². The highest BCUT2D eigenvalue weighted by atomic mass is 16.7. The van der Waals surface area contributed by atoms with Gasteiger partial charge in [0.1, 0.15) is 0 Å². The Morgan fingerprint density at radius 1 is 1.13 bits per heavy atom. The third-order valence-electron chi connectivity index (χ3n) is 1.70. The van der Waals surface area contributed by atoms with Gasteiger partial charge in [-0.3, -0.25) is 9.59 Å². The van der Waals surface area contributed by atoms with Crippen molar-refractivity contribution >= 4 is 11.8 Å². The van der Waals surface area contributed by atoms with Crippen molar-refractivity contribution in [2.45, 2.75) is 19.6 Å². The van der Waals surface area contributed by atoms with Crippen LogP contribution >= 0.6 is 0 Å². The fourth-order valence-corrected chi connectivity index (χ4v) is 0.838. The Kier molecular flexibility index (Phi) is 7.57. The van der Waals surface area contributed by atoms with Gasteiger partial charge in [0.05, 0.1) is 6.54 Å². The highest BCUT2D eigenvalue weighted by Gasteiger charge is 2.14. The van der Waals surface area contributed by atoms with Crippen molar-refractivity contribution in [3.8, 4) is 0 Å². The quantitative estimate of drug-likeness (QED) is 0.454. The summed E-state index contributed by atoms with van der Waals surface area (Å²) in [6.45, 7) is 2.54. The van der Waals surface area contributed by atoms with Crippen molar-refractivity contribution in [1.82, 2.24) is 10.6 Å². The Morgan fingerprint density at radius 3 is 2.13 bits per heavy atom. The Bertz CT molecular complexity index is 204. The molecule has 6 nitrogen and oxygen atoms in total. The summed E-state index contributed by atoms with van der Waals surface area (Å²) in [5.41, 5.74) is 0. The van der Waals surface area contributed by atoms with E-state index in [1.807, 2.05) is 6.92 Å². The van der Waals surface area contributed by atoms with Gasteiger partial charge in [0.25, 0.3) is 0 Å². The molecular formula is C9H18N2O4. The van der Waals surface area contributed by atoms with Crippen molar-refractivity contribution in [3.63, 3.8) is 0 Å². The molecule has 0 aliphatic rings. The minimum Gasteiger partial charge on any atom is -0.354 e. The lowest BCUT2D eigenvalue weighted by atomic mass is 10.4. The molecule has 0 rings (SSSR count). The number of hydrogen-bond acceptors (Lipinski definition) is 4. The van der Waals surface area contributed by atoms with Crippen LogP contribution in [-0.4, -0.2) is 45.4 Å². The van der Waals surface area contributed by atoms with Gasteiger partial charge in [0, 0.05) is 20.8 Å². The Balaban J connectivity index is 3.77. The van der Waals surface area contributed by atoms with E-state index in [0.717, 1.165) is 6.42 Å². The summed E-state index contributed by atoms with van der Waals surface area (Å²) in [7, 11) is 2.91. The number of methoxy groups -OCH3 is 2. The third-order valence-corrected chi connectivity index (χ3v) is 1.70. The van der Waals surface area contributed by atoms with Gasteiger partial charge in [0.15, 0.2) is 6.29 Å². The number of rotatable bonds is 6. The number of carbonyl (C=O) groups is 2. The maximum Gasteiger partial charge on any atom is 0.309 e. The number of nitrogens with one attached hydrogen (secondary N) is 2. The van der Waals surface area contributed by atoms with E-state index in [1.54, 1.807) is 0 Å². The van der Waals surface area contributed by atoms with E-state index in [4.69, 9.17) is 9.47 Å². The lowest BCUT2D eigenvalue weighted by Gasteiger charge is -2.13. The first kappa shape index (κ1) is 13.9. The van der Waals surface area contributed by atoms with Gasteiger partial charge >= 0.3 is 11.8 Å². The summed E-state index contributed by atoms with van der Waals surface area (Å²) in [6.07, 6.45) is 0.255. The third kappa shape index (κ3) is 6.03. The molecule has 0 aromatic heterocycles. The zero-order chi connectivity index (χ0) is 11.7. The van der Waals surface area contributed by atoms with Gasteiger partial charge in [-0.2, -0.15) is 0 Å².